The minimum absolute atomic E-state index is 0.0804. The fraction of sp³-hybridized carbons (Fsp3) is 0.333. The molecule has 6 nitrogen and oxygen atoms in total. The number of nitrogens with one attached hydrogen (secondary N) is 1. The van der Waals surface area contributed by atoms with E-state index in [2.05, 4.69) is 27.9 Å². The quantitative estimate of drug-likeness (QED) is 0.756. The van der Waals surface area contributed by atoms with E-state index in [1.54, 1.807) is 12.4 Å². The largest absolute Gasteiger partial charge is 0.491 e. The zero-order valence-corrected chi connectivity index (χ0v) is 15.5. The molecule has 1 amide bonds. The highest BCUT2D eigenvalue weighted by Crippen LogP contribution is 2.20. The number of nitrogens with zero attached hydrogens (tertiary/aromatic N) is 3. The van der Waals surface area contributed by atoms with Gasteiger partial charge in [0.1, 0.15) is 18.1 Å². The Kier molecular flexibility index (Phi) is 5.07. The van der Waals surface area contributed by atoms with Crippen LogP contribution in [-0.4, -0.2) is 65.0 Å². The third kappa shape index (κ3) is 3.95. The molecule has 0 spiro atoms. The van der Waals surface area contributed by atoms with Crippen LogP contribution in [-0.2, 0) is 0 Å². The molecule has 1 fully saturated rings. The maximum Gasteiger partial charge on any atom is 0.270 e. The Morgan fingerprint density at radius 2 is 2.04 bits per heavy atom. The predicted molar refractivity (Wildman–Crippen MR) is 105 cm³/mol. The lowest BCUT2D eigenvalue weighted by Gasteiger charge is -2.34. The van der Waals surface area contributed by atoms with Gasteiger partial charge >= 0.3 is 0 Å². The average Bonchev–Trinajstić information content (AvgIpc) is 3.15. The number of hydrogen-bond acceptors (Lipinski definition) is 4. The summed E-state index contributed by atoms with van der Waals surface area (Å²) in [6.45, 7) is 6.74. The number of hydrogen-bond donors (Lipinski definition) is 1. The van der Waals surface area contributed by atoms with Crippen LogP contribution in [0.5, 0.6) is 5.75 Å². The van der Waals surface area contributed by atoms with Crippen LogP contribution >= 0.6 is 0 Å². The van der Waals surface area contributed by atoms with Crippen molar-refractivity contribution >= 4 is 16.8 Å². The monoisotopic (exact) mass is 364 g/mol. The zero-order chi connectivity index (χ0) is 18.6. The normalized spacial score (nSPS) is 15.2. The van der Waals surface area contributed by atoms with Gasteiger partial charge in [0.15, 0.2) is 0 Å². The highest BCUT2D eigenvalue weighted by molar-refractivity contribution is 5.98. The van der Waals surface area contributed by atoms with Crippen molar-refractivity contribution in [3.8, 4) is 5.75 Å². The van der Waals surface area contributed by atoms with E-state index in [0.29, 0.717) is 12.3 Å². The number of ether oxygens (including phenoxy) is 1. The molecule has 3 aromatic rings. The molecule has 140 valence electrons. The molecule has 0 unspecified atom stereocenters. The minimum Gasteiger partial charge on any atom is -0.491 e. The summed E-state index contributed by atoms with van der Waals surface area (Å²) in [6.07, 6.45) is 3.45. The summed E-state index contributed by atoms with van der Waals surface area (Å²) < 4.78 is 5.71. The highest BCUT2D eigenvalue weighted by Gasteiger charge is 2.23. The summed E-state index contributed by atoms with van der Waals surface area (Å²) in [7, 11) is 0. The molecule has 0 atom stereocenters. The Morgan fingerprint density at radius 3 is 2.78 bits per heavy atom. The van der Waals surface area contributed by atoms with Crippen molar-refractivity contribution in [1.82, 2.24) is 19.8 Å². The van der Waals surface area contributed by atoms with Crippen molar-refractivity contribution in [2.24, 2.45) is 0 Å². The van der Waals surface area contributed by atoms with Crippen LogP contribution in [0.25, 0.3) is 10.9 Å². The van der Waals surface area contributed by atoms with Gasteiger partial charge in [0.2, 0.25) is 0 Å². The molecule has 0 aliphatic carbocycles. The van der Waals surface area contributed by atoms with E-state index in [4.69, 9.17) is 4.74 Å². The second kappa shape index (κ2) is 7.80. The first-order valence-corrected chi connectivity index (χ1v) is 9.33. The van der Waals surface area contributed by atoms with Gasteiger partial charge < -0.3 is 14.6 Å². The van der Waals surface area contributed by atoms with E-state index in [9.17, 15) is 4.79 Å². The maximum absolute atomic E-state index is 12.8. The van der Waals surface area contributed by atoms with E-state index in [-0.39, 0.29) is 5.91 Å². The average molecular weight is 364 g/mol. The molecular weight excluding hydrogens is 340 g/mol. The van der Waals surface area contributed by atoms with Crippen molar-refractivity contribution < 1.29 is 9.53 Å². The van der Waals surface area contributed by atoms with Crippen LogP contribution in [0.3, 0.4) is 0 Å². The standard InChI is InChI=1S/C21H24N4O2/c1-16-4-2-6-19-18(16)14-20(23-19)21(26)25-10-8-24(9-11-25)12-13-27-17-5-3-7-22-15-17/h2-7,14-15,23H,8-13H2,1H3. The van der Waals surface area contributed by atoms with Gasteiger partial charge in [-0.3, -0.25) is 14.7 Å². The fourth-order valence-electron chi connectivity index (χ4n) is 3.49. The van der Waals surface area contributed by atoms with Gasteiger partial charge in [-0.2, -0.15) is 0 Å². The molecule has 3 heterocycles. The third-order valence-corrected chi connectivity index (χ3v) is 5.08. The third-order valence-electron chi connectivity index (χ3n) is 5.08. The predicted octanol–water partition coefficient (Wildman–Crippen LogP) is 2.71. The number of amides is 1. The molecule has 0 bridgehead atoms. The van der Waals surface area contributed by atoms with Crippen molar-refractivity contribution in [3.05, 3.63) is 60.0 Å². The number of H-pyrrole nitrogens is 1. The van der Waals surface area contributed by atoms with Crippen molar-refractivity contribution in [1.29, 1.82) is 0 Å². The van der Waals surface area contributed by atoms with Gasteiger partial charge in [0.25, 0.3) is 5.91 Å². The SMILES string of the molecule is Cc1cccc2[nH]c(C(=O)N3CCN(CCOc4cccnc4)CC3)cc12. The van der Waals surface area contributed by atoms with Gasteiger partial charge in [0, 0.05) is 49.8 Å². The van der Waals surface area contributed by atoms with Crippen molar-refractivity contribution in [2.75, 3.05) is 39.3 Å². The molecule has 0 saturated carbocycles. The smallest absolute Gasteiger partial charge is 0.270 e. The summed E-state index contributed by atoms with van der Waals surface area (Å²) in [5.74, 6) is 0.872. The van der Waals surface area contributed by atoms with Crippen LogP contribution in [0.15, 0.2) is 48.8 Å². The summed E-state index contributed by atoms with van der Waals surface area (Å²) in [5, 5.41) is 1.12. The summed E-state index contributed by atoms with van der Waals surface area (Å²) >= 11 is 0. The second-order valence-electron chi connectivity index (χ2n) is 6.89. The lowest BCUT2D eigenvalue weighted by molar-refractivity contribution is 0.0615. The number of carbonyl (C=O) groups is 1. The number of fused-ring (bicyclic) bond motifs is 1. The van der Waals surface area contributed by atoms with Crippen LogP contribution in [0.4, 0.5) is 0 Å². The number of piperazine rings is 1. The van der Waals surface area contributed by atoms with E-state index in [1.165, 1.54) is 5.56 Å². The van der Waals surface area contributed by atoms with Crippen LogP contribution in [0, 0.1) is 6.92 Å². The molecule has 2 aromatic heterocycles. The Labute approximate surface area is 158 Å². The van der Waals surface area contributed by atoms with Gasteiger partial charge in [-0.05, 0) is 36.8 Å². The molecule has 0 radical (unpaired) electrons. The first kappa shape index (κ1) is 17.5. The number of carbonyl (C=O) groups excluding carboxylic acids is 1. The lowest BCUT2D eigenvalue weighted by atomic mass is 10.1. The van der Waals surface area contributed by atoms with E-state index >= 15 is 0 Å². The molecular formula is C21H24N4O2. The molecule has 1 aliphatic heterocycles. The maximum atomic E-state index is 12.8. The van der Waals surface area contributed by atoms with E-state index in [1.807, 2.05) is 35.2 Å². The number of pyridine rings is 1. The zero-order valence-electron chi connectivity index (χ0n) is 15.5. The molecule has 4 rings (SSSR count). The molecule has 1 saturated heterocycles. The summed E-state index contributed by atoms with van der Waals surface area (Å²) in [4.78, 5) is 24.4. The Hall–Kier alpha value is -2.86. The molecule has 1 aliphatic rings. The summed E-state index contributed by atoms with van der Waals surface area (Å²) in [6, 6.07) is 11.8. The van der Waals surface area contributed by atoms with Crippen molar-refractivity contribution in [3.63, 3.8) is 0 Å². The lowest BCUT2D eigenvalue weighted by Crippen LogP contribution is -2.49. The topological polar surface area (TPSA) is 61.5 Å². The van der Waals surface area contributed by atoms with Crippen LogP contribution in [0.1, 0.15) is 16.1 Å². The van der Waals surface area contributed by atoms with Crippen LogP contribution in [0.2, 0.25) is 0 Å². The van der Waals surface area contributed by atoms with Gasteiger partial charge in [-0.25, -0.2) is 0 Å². The van der Waals surface area contributed by atoms with Crippen molar-refractivity contribution in [2.45, 2.75) is 6.92 Å². The first-order chi connectivity index (χ1) is 13.2. The van der Waals surface area contributed by atoms with Gasteiger partial charge in [0.05, 0.1) is 6.20 Å². The molecule has 1 aromatic carbocycles. The first-order valence-electron chi connectivity index (χ1n) is 9.33. The Morgan fingerprint density at radius 1 is 1.19 bits per heavy atom. The highest BCUT2D eigenvalue weighted by atomic mass is 16.5. The van der Waals surface area contributed by atoms with Crippen LogP contribution < -0.4 is 4.74 Å². The Bertz CT molecular complexity index is 914. The van der Waals surface area contributed by atoms with E-state index in [0.717, 1.165) is 49.4 Å². The number of benzene rings is 1. The van der Waals surface area contributed by atoms with E-state index < -0.39 is 0 Å². The fourth-order valence-corrected chi connectivity index (χ4v) is 3.49. The Balaban J connectivity index is 1.29. The number of aromatic amines is 1. The molecule has 6 heteroatoms. The molecule has 27 heavy (non-hydrogen) atoms. The van der Waals surface area contributed by atoms with Gasteiger partial charge in [-0.15, -0.1) is 0 Å². The number of rotatable bonds is 5. The number of aryl methyl sites for hydroxylation is 1. The minimum atomic E-state index is 0.0804. The molecule has 1 N–H and O–H groups in total. The second-order valence-corrected chi connectivity index (χ2v) is 6.89. The van der Waals surface area contributed by atoms with Gasteiger partial charge in [-0.1, -0.05) is 12.1 Å². The summed E-state index contributed by atoms with van der Waals surface area (Å²) in [5.41, 5.74) is 2.87. The number of aromatic nitrogens is 2.